The van der Waals surface area contributed by atoms with Gasteiger partial charge in [-0.3, -0.25) is 4.99 Å². The standard InChI is InChI=1S/C21H29ClN6O.HI/c1-23-21(25-16-12-17-7-4-8-18(13-16)28(17)2)24-10-9-19-26-20(27-29-19)14-5-3-6-15(22)11-14;/h3,5-6,11,16-18H,4,7-10,12-13H2,1-2H3,(H2,23,24,25);1H. The molecule has 4 rings (SSSR count). The van der Waals surface area contributed by atoms with E-state index in [2.05, 4.69) is 37.7 Å². The van der Waals surface area contributed by atoms with Crippen molar-refractivity contribution >= 4 is 41.5 Å². The van der Waals surface area contributed by atoms with Gasteiger partial charge >= 0.3 is 0 Å². The van der Waals surface area contributed by atoms with E-state index in [4.69, 9.17) is 16.1 Å². The minimum atomic E-state index is 0. The molecule has 0 aliphatic carbocycles. The Hall–Kier alpha value is -1.39. The lowest BCUT2D eigenvalue weighted by atomic mass is 9.82. The molecule has 0 spiro atoms. The van der Waals surface area contributed by atoms with Crippen molar-refractivity contribution in [2.45, 2.75) is 56.7 Å². The molecule has 2 aliphatic rings. The first kappa shape index (κ1) is 23.3. The van der Waals surface area contributed by atoms with Crippen LogP contribution in [-0.2, 0) is 6.42 Å². The van der Waals surface area contributed by atoms with Gasteiger partial charge in [0.05, 0.1) is 0 Å². The van der Waals surface area contributed by atoms with Gasteiger partial charge < -0.3 is 20.1 Å². The maximum atomic E-state index is 6.04. The molecule has 2 aromatic rings. The number of hydrogen-bond donors (Lipinski definition) is 2. The molecule has 1 aromatic heterocycles. The first-order valence-electron chi connectivity index (χ1n) is 10.4. The molecule has 3 heterocycles. The highest BCUT2D eigenvalue weighted by molar-refractivity contribution is 14.0. The molecule has 30 heavy (non-hydrogen) atoms. The van der Waals surface area contributed by atoms with E-state index >= 15 is 0 Å². The van der Waals surface area contributed by atoms with Crippen molar-refractivity contribution in [1.82, 2.24) is 25.7 Å². The Balaban J connectivity index is 0.00000256. The van der Waals surface area contributed by atoms with Crippen molar-refractivity contribution in [3.8, 4) is 11.4 Å². The second-order valence-electron chi connectivity index (χ2n) is 7.99. The normalized spacial score (nSPS) is 24.2. The zero-order chi connectivity index (χ0) is 20.2. The fourth-order valence-electron chi connectivity index (χ4n) is 4.51. The Morgan fingerprint density at radius 1 is 1.30 bits per heavy atom. The number of guanidine groups is 1. The maximum Gasteiger partial charge on any atom is 0.228 e. The third kappa shape index (κ3) is 5.64. The summed E-state index contributed by atoms with van der Waals surface area (Å²) in [5.74, 6) is 1.99. The van der Waals surface area contributed by atoms with Gasteiger partial charge in [0.1, 0.15) is 0 Å². The molecule has 1 aromatic carbocycles. The molecule has 2 bridgehead atoms. The fraction of sp³-hybridized carbons (Fsp3) is 0.571. The molecular formula is C21H30ClIN6O. The summed E-state index contributed by atoms with van der Waals surface area (Å²) in [6.07, 6.45) is 6.97. The first-order chi connectivity index (χ1) is 14.1. The van der Waals surface area contributed by atoms with Crippen molar-refractivity contribution in [2.24, 2.45) is 4.99 Å². The topological polar surface area (TPSA) is 78.6 Å². The van der Waals surface area contributed by atoms with Crippen LogP contribution in [0, 0.1) is 0 Å². The Bertz CT molecular complexity index is 846. The molecule has 2 atom stereocenters. The number of nitrogens with zero attached hydrogens (tertiary/aromatic N) is 4. The smallest absolute Gasteiger partial charge is 0.228 e. The van der Waals surface area contributed by atoms with E-state index in [0.717, 1.165) is 11.5 Å². The molecule has 2 aliphatic heterocycles. The van der Waals surface area contributed by atoms with Crippen LogP contribution in [0.3, 0.4) is 0 Å². The number of benzene rings is 1. The van der Waals surface area contributed by atoms with Gasteiger partial charge in [0, 0.05) is 48.7 Å². The highest BCUT2D eigenvalue weighted by atomic mass is 127. The van der Waals surface area contributed by atoms with E-state index in [1.54, 1.807) is 0 Å². The first-order valence-corrected chi connectivity index (χ1v) is 10.8. The highest BCUT2D eigenvalue weighted by Gasteiger charge is 2.36. The lowest BCUT2D eigenvalue weighted by Gasteiger charge is -2.47. The van der Waals surface area contributed by atoms with Gasteiger partial charge in [-0.05, 0) is 44.9 Å². The Morgan fingerprint density at radius 3 is 2.77 bits per heavy atom. The summed E-state index contributed by atoms with van der Waals surface area (Å²) in [5.41, 5.74) is 0.853. The maximum absolute atomic E-state index is 6.04. The quantitative estimate of drug-likeness (QED) is 0.339. The zero-order valence-electron chi connectivity index (χ0n) is 17.5. The summed E-state index contributed by atoms with van der Waals surface area (Å²) in [7, 11) is 4.09. The van der Waals surface area contributed by atoms with Crippen LogP contribution < -0.4 is 10.6 Å². The minimum absolute atomic E-state index is 0. The Morgan fingerprint density at radius 2 is 2.07 bits per heavy atom. The molecule has 2 unspecified atom stereocenters. The molecular weight excluding hydrogens is 515 g/mol. The van der Waals surface area contributed by atoms with Gasteiger partial charge in [0.2, 0.25) is 11.7 Å². The van der Waals surface area contributed by atoms with Gasteiger partial charge in [0.15, 0.2) is 5.96 Å². The third-order valence-electron chi connectivity index (χ3n) is 6.09. The predicted molar refractivity (Wildman–Crippen MR) is 131 cm³/mol. The third-order valence-corrected chi connectivity index (χ3v) is 6.32. The Kier molecular flexibility index (Phi) is 8.35. The van der Waals surface area contributed by atoms with E-state index in [0.29, 0.717) is 47.8 Å². The summed E-state index contributed by atoms with van der Waals surface area (Å²) in [6, 6.07) is 9.32. The van der Waals surface area contributed by atoms with Crippen LogP contribution in [0.2, 0.25) is 5.02 Å². The molecule has 164 valence electrons. The van der Waals surface area contributed by atoms with E-state index in [1.807, 2.05) is 31.3 Å². The van der Waals surface area contributed by atoms with Gasteiger partial charge in [-0.15, -0.1) is 24.0 Å². The summed E-state index contributed by atoms with van der Waals surface area (Å²) < 4.78 is 5.38. The monoisotopic (exact) mass is 544 g/mol. The van der Waals surface area contributed by atoms with Crippen LogP contribution in [0.25, 0.3) is 11.4 Å². The van der Waals surface area contributed by atoms with Crippen LogP contribution in [0.1, 0.15) is 38.0 Å². The van der Waals surface area contributed by atoms with Gasteiger partial charge in [-0.1, -0.05) is 35.3 Å². The van der Waals surface area contributed by atoms with E-state index in [9.17, 15) is 0 Å². The molecule has 0 radical (unpaired) electrons. The van der Waals surface area contributed by atoms with Crippen LogP contribution in [0.5, 0.6) is 0 Å². The van der Waals surface area contributed by atoms with Gasteiger partial charge in [-0.2, -0.15) is 4.98 Å². The lowest BCUT2D eigenvalue weighted by Crippen LogP contribution is -2.56. The van der Waals surface area contributed by atoms with Crippen molar-refractivity contribution in [1.29, 1.82) is 0 Å². The zero-order valence-corrected chi connectivity index (χ0v) is 20.6. The van der Waals surface area contributed by atoms with E-state index < -0.39 is 0 Å². The number of aromatic nitrogens is 2. The minimum Gasteiger partial charge on any atom is -0.356 e. The molecule has 7 nitrogen and oxygen atoms in total. The molecule has 9 heteroatoms. The van der Waals surface area contributed by atoms with Crippen LogP contribution in [0.4, 0.5) is 0 Å². The number of piperidine rings is 2. The number of halogens is 2. The summed E-state index contributed by atoms with van der Waals surface area (Å²) in [5, 5.41) is 11.7. The lowest BCUT2D eigenvalue weighted by molar-refractivity contribution is 0.0526. The van der Waals surface area contributed by atoms with Crippen LogP contribution in [-0.4, -0.2) is 59.8 Å². The average Bonchev–Trinajstić information content (AvgIpc) is 3.17. The number of nitrogens with one attached hydrogen (secondary N) is 2. The van der Waals surface area contributed by atoms with Crippen molar-refractivity contribution in [3.63, 3.8) is 0 Å². The molecule has 0 amide bonds. The van der Waals surface area contributed by atoms with Crippen molar-refractivity contribution in [3.05, 3.63) is 35.2 Å². The van der Waals surface area contributed by atoms with Crippen molar-refractivity contribution < 1.29 is 4.52 Å². The molecule has 0 saturated carbocycles. The van der Waals surface area contributed by atoms with Crippen LogP contribution in [0.15, 0.2) is 33.8 Å². The predicted octanol–water partition coefficient (Wildman–Crippen LogP) is 3.73. The van der Waals surface area contributed by atoms with Gasteiger partial charge in [0.25, 0.3) is 0 Å². The molecule has 2 N–H and O–H groups in total. The second kappa shape index (κ2) is 10.8. The summed E-state index contributed by atoms with van der Waals surface area (Å²) in [6.45, 7) is 0.677. The highest BCUT2D eigenvalue weighted by Crippen LogP contribution is 2.32. The summed E-state index contributed by atoms with van der Waals surface area (Å²) in [4.78, 5) is 11.4. The number of hydrogen-bond acceptors (Lipinski definition) is 5. The number of fused-ring (bicyclic) bond motifs is 2. The summed E-state index contributed by atoms with van der Waals surface area (Å²) >= 11 is 6.04. The SMILES string of the molecule is CN=C(NCCc1nc(-c2cccc(Cl)c2)no1)NC1CC2CCCC(C1)N2C.I. The largest absolute Gasteiger partial charge is 0.356 e. The fourth-order valence-corrected chi connectivity index (χ4v) is 4.70. The Labute approximate surface area is 200 Å². The number of rotatable bonds is 5. The second-order valence-corrected chi connectivity index (χ2v) is 8.42. The molecule has 2 saturated heterocycles. The van der Waals surface area contributed by atoms with Gasteiger partial charge in [-0.25, -0.2) is 0 Å². The molecule has 2 fully saturated rings. The number of aliphatic imine (C=N–C) groups is 1. The van der Waals surface area contributed by atoms with E-state index in [1.165, 1.54) is 32.1 Å². The average molecular weight is 545 g/mol. The van der Waals surface area contributed by atoms with Crippen molar-refractivity contribution in [2.75, 3.05) is 20.6 Å². The van der Waals surface area contributed by atoms with E-state index in [-0.39, 0.29) is 24.0 Å². The van der Waals surface area contributed by atoms with Crippen LogP contribution >= 0.6 is 35.6 Å².